The predicted octanol–water partition coefficient (Wildman–Crippen LogP) is 3.28. The molecule has 0 aliphatic rings. The van der Waals surface area contributed by atoms with Crippen LogP contribution in [0.2, 0.25) is 0 Å². The van der Waals surface area contributed by atoms with Crippen molar-refractivity contribution in [1.29, 1.82) is 0 Å². The summed E-state index contributed by atoms with van der Waals surface area (Å²) in [6, 6.07) is 8.23. The first-order chi connectivity index (χ1) is 9.06. The number of hydrogen-bond acceptors (Lipinski definition) is 3. The van der Waals surface area contributed by atoms with E-state index in [-0.39, 0.29) is 5.78 Å². The molecule has 0 aliphatic carbocycles. The number of nitrogens with zero attached hydrogens (tertiary/aromatic N) is 2. The lowest BCUT2D eigenvalue weighted by Gasteiger charge is -2.07. The number of ketones is 1. The molecule has 19 heavy (non-hydrogen) atoms. The second kappa shape index (κ2) is 5.74. The van der Waals surface area contributed by atoms with Crippen LogP contribution in [0.25, 0.3) is 11.3 Å². The molecule has 1 aromatic heterocycles. The van der Waals surface area contributed by atoms with Gasteiger partial charge in [0, 0.05) is 24.6 Å². The molecule has 0 atom stereocenters. The average Bonchev–Trinajstić information content (AvgIpc) is 2.36. The maximum atomic E-state index is 11.0. The maximum Gasteiger partial charge on any atom is 0.130 e. The molecule has 3 heteroatoms. The standard InChI is InChI=1S/C16H18N2O/c1-11-4-6-14(12(2)10-11)15-8-9-17-16(18-15)7-5-13(3)19/h4,6,8-10H,5,7H2,1-3H3. The summed E-state index contributed by atoms with van der Waals surface area (Å²) in [6.07, 6.45) is 2.86. The monoisotopic (exact) mass is 254 g/mol. The van der Waals surface area contributed by atoms with Crippen molar-refractivity contribution in [2.45, 2.75) is 33.6 Å². The van der Waals surface area contributed by atoms with Gasteiger partial charge in [0.2, 0.25) is 0 Å². The van der Waals surface area contributed by atoms with E-state index in [1.807, 2.05) is 6.07 Å². The Morgan fingerprint density at radius 1 is 1.21 bits per heavy atom. The highest BCUT2D eigenvalue weighted by atomic mass is 16.1. The van der Waals surface area contributed by atoms with Gasteiger partial charge in [0.05, 0.1) is 5.69 Å². The van der Waals surface area contributed by atoms with Crippen molar-refractivity contribution >= 4 is 5.78 Å². The zero-order valence-electron chi connectivity index (χ0n) is 11.6. The normalized spacial score (nSPS) is 10.5. The van der Waals surface area contributed by atoms with Gasteiger partial charge in [-0.3, -0.25) is 0 Å². The molecule has 0 saturated heterocycles. The Kier molecular flexibility index (Phi) is 4.05. The zero-order valence-corrected chi connectivity index (χ0v) is 11.6. The van der Waals surface area contributed by atoms with E-state index in [1.165, 1.54) is 11.1 Å². The molecule has 98 valence electrons. The number of carbonyl (C=O) groups excluding carboxylic acids is 1. The summed E-state index contributed by atoms with van der Waals surface area (Å²) >= 11 is 0. The Hall–Kier alpha value is -2.03. The molecule has 2 aromatic rings. The van der Waals surface area contributed by atoms with Crippen molar-refractivity contribution < 1.29 is 4.79 Å². The van der Waals surface area contributed by atoms with E-state index >= 15 is 0 Å². The van der Waals surface area contributed by atoms with E-state index in [0.717, 1.165) is 17.1 Å². The number of Topliss-reactive ketones (excluding diaryl/α,β-unsaturated/α-hetero) is 1. The van der Waals surface area contributed by atoms with Gasteiger partial charge < -0.3 is 4.79 Å². The molecular weight excluding hydrogens is 236 g/mol. The summed E-state index contributed by atoms with van der Waals surface area (Å²) in [5.74, 6) is 0.896. The summed E-state index contributed by atoms with van der Waals surface area (Å²) < 4.78 is 0. The van der Waals surface area contributed by atoms with Gasteiger partial charge in [-0.2, -0.15) is 0 Å². The van der Waals surface area contributed by atoms with Gasteiger partial charge in [0.1, 0.15) is 11.6 Å². The number of rotatable bonds is 4. The molecule has 0 bridgehead atoms. The molecule has 0 N–H and O–H groups in total. The van der Waals surface area contributed by atoms with Crippen molar-refractivity contribution in [3.8, 4) is 11.3 Å². The van der Waals surface area contributed by atoms with Crippen LogP contribution in [-0.4, -0.2) is 15.8 Å². The van der Waals surface area contributed by atoms with Gasteiger partial charge in [0.15, 0.2) is 0 Å². The van der Waals surface area contributed by atoms with Crippen LogP contribution in [0.5, 0.6) is 0 Å². The average molecular weight is 254 g/mol. The summed E-state index contributed by atoms with van der Waals surface area (Å²) in [7, 11) is 0. The van der Waals surface area contributed by atoms with E-state index in [2.05, 4.69) is 42.0 Å². The highest BCUT2D eigenvalue weighted by Gasteiger charge is 2.06. The van der Waals surface area contributed by atoms with Crippen LogP contribution in [-0.2, 0) is 11.2 Å². The minimum Gasteiger partial charge on any atom is -0.300 e. The Labute approximate surface area is 113 Å². The molecule has 2 rings (SSSR count). The van der Waals surface area contributed by atoms with E-state index in [1.54, 1.807) is 13.1 Å². The Morgan fingerprint density at radius 2 is 2.00 bits per heavy atom. The number of carbonyl (C=O) groups is 1. The van der Waals surface area contributed by atoms with Gasteiger partial charge in [-0.25, -0.2) is 9.97 Å². The third-order valence-corrected chi connectivity index (χ3v) is 3.06. The van der Waals surface area contributed by atoms with Crippen LogP contribution in [0.1, 0.15) is 30.3 Å². The summed E-state index contributed by atoms with van der Waals surface area (Å²) in [4.78, 5) is 19.8. The summed E-state index contributed by atoms with van der Waals surface area (Å²) in [5, 5.41) is 0. The number of hydrogen-bond donors (Lipinski definition) is 0. The highest BCUT2D eigenvalue weighted by molar-refractivity contribution is 5.75. The molecule has 0 fully saturated rings. The van der Waals surface area contributed by atoms with Crippen molar-refractivity contribution in [1.82, 2.24) is 9.97 Å². The van der Waals surface area contributed by atoms with E-state index in [9.17, 15) is 4.79 Å². The van der Waals surface area contributed by atoms with E-state index in [4.69, 9.17) is 0 Å². The van der Waals surface area contributed by atoms with Crippen LogP contribution in [0.3, 0.4) is 0 Å². The summed E-state index contributed by atoms with van der Waals surface area (Å²) in [5.41, 5.74) is 4.49. The first-order valence-electron chi connectivity index (χ1n) is 6.45. The fraction of sp³-hybridized carbons (Fsp3) is 0.312. The second-order valence-corrected chi connectivity index (χ2v) is 4.88. The van der Waals surface area contributed by atoms with Gasteiger partial charge in [0.25, 0.3) is 0 Å². The van der Waals surface area contributed by atoms with Crippen LogP contribution in [0.15, 0.2) is 30.5 Å². The predicted molar refractivity (Wildman–Crippen MR) is 75.9 cm³/mol. The third kappa shape index (κ3) is 3.47. The maximum absolute atomic E-state index is 11.0. The van der Waals surface area contributed by atoms with Crippen LogP contribution in [0.4, 0.5) is 0 Å². The second-order valence-electron chi connectivity index (χ2n) is 4.88. The summed E-state index contributed by atoms with van der Waals surface area (Å²) in [6.45, 7) is 5.75. The molecule has 0 radical (unpaired) electrons. The van der Waals surface area contributed by atoms with Gasteiger partial charge in [-0.05, 0) is 32.4 Å². The third-order valence-electron chi connectivity index (χ3n) is 3.06. The number of aryl methyl sites for hydroxylation is 3. The molecule has 0 saturated carbocycles. The van der Waals surface area contributed by atoms with Crippen LogP contribution in [0, 0.1) is 13.8 Å². The first-order valence-corrected chi connectivity index (χ1v) is 6.45. The van der Waals surface area contributed by atoms with Crippen molar-refractivity contribution in [2.75, 3.05) is 0 Å². The van der Waals surface area contributed by atoms with Crippen LogP contribution >= 0.6 is 0 Å². The zero-order chi connectivity index (χ0) is 13.8. The SMILES string of the molecule is CC(=O)CCc1nccc(-c2ccc(C)cc2C)n1. The molecule has 0 spiro atoms. The van der Waals surface area contributed by atoms with Crippen molar-refractivity contribution in [2.24, 2.45) is 0 Å². The smallest absolute Gasteiger partial charge is 0.130 e. The van der Waals surface area contributed by atoms with E-state index < -0.39 is 0 Å². The number of benzene rings is 1. The fourth-order valence-corrected chi connectivity index (χ4v) is 2.06. The molecule has 1 aromatic carbocycles. The van der Waals surface area contributed by atoms with Crippen LogP contribution < -0.4 is 0 Å². The minimum atomic E-state index is 0.167. The van der Waals surface area contributed by atoms with Gasteiger partial charge >= 0.3 is 0 Å². The van der Waals surface area contributed by atoms with E-state index in [0.29, 0.717) is 12.8 Å². The first kappa shape index (κ1) is 13.4. The fourth-order valence-electron chi connectivity index (χ4n) is 2.06. The quantitative estimate of drug-likeness (QED) is 0.841. The molecule has 3 nitrogen and oxygen atoms in total. The van der Waals surface area contributed by atoms with Crippen molar-refractivity contribution in [3.63, 3.8) is 0 Å². The van der Waals surface area contributed by atoms with Gasteiger partial charge in [-0.1, -0.05) is 23.8 Å². The lowest BCUT2D eigenvalue weighted by molar-refractivity contribution is -0.117. The molecule has 0 aliphatic heterocycles. The largest absolute Gasteiger partial charge is 0.300 e. The Morgan fingerprint density at radius 3 is 2.68 bits per heavy atom. The molecule has 1 heterocycles. The number of aromatic nitrogens is 2. The van der Waals surface area contributed by atoms with Crippen molar-refractivity contribution in [3.05, 3.63) is 47.4 Å². The lowest BCUT2D eigenvalue weighted by Crippen LogP contribution is -2.00. The molecular formula is C16H18N2O. The lowest BCUT2D eigenvalue weighted by atomic mass is 10.0. The minimum absolute atomic E-state index is 0.167. The topological polar surface area (TPSA) is 42.9 Å². The Bertz CT molecular complexity index is 605. The molecule has 0 unspecified atom stereocenters. The Balaban J connectivity index is 2.29. The highest BCUT2D eigenvalue weighted by Crippen LogP contribution is 2.22. The molecule has 0 amide bonds. The van der Waals surface area contributed by atoms with Gasteiger partial charge in [-0.15, -0.1) is 0 Å².